The van der Waals surface area contributed by atoms with Crippen molar-refractivity contribution >= 4 is 17.5 Å². The quantitative estimate of drug-likeness (QED) is 0.843. The molecule has 1 fully saturated rings. The Labute approximate surface area is 151 Å². The molecule has 138 valence electrons. The van der Waals surface area contributed by atoms with Gasteiger partial charge in [-0.25, -0.2) is 0 Å². The molecule has 1 aliphatic carbocycles. The highest BCUT2D eigenvalue weighted by Gasteiger charge is 2.32. The van der Waals surface area contributed by atoms with E-state index in [-0.39, 0.29) is 24.3 Å². The molecule has 2 amide bonds. The van der Waals surface area contributed by atoms with E-state index in [1.807, 2.05) is 24.3 Å². The van der Waals surface area contributed by atoms with Crippen molar-refractivity contribution in [3.63, 3.8) is 0 Å². The van der Waals surface area contributed by atoms with Crippen LogP contribution in [0.3, 0.4) is 0 Å². The van der Waals surface area contributed by atoms with Crippen LogP contribution < -0.4 is 10.6 Å². The fraction of sp³-hybridized carbons (Fsp3) is 0.619. The number of aryl methyl sites for hydroxylation is 1. The van der Waals surface area contributed by atoms with Crippen LogP contribution in [0.25, 0.3) is 0 Å². The highest BCUT2D eigenvalue weighted by molar-refractivity contribution is 5.95. The molecule has 0 spiro atoms. The average Bonchev–Trinajstić information content (AvgIpc) is 2.59. The molecule has 25 heavy (non-hydrogen) atoms. The van der Waals surface area contributed by atoms with E-state index in [9.17, 15) is 9.59 Å². The second-order valence-electron chi connectivity index (χ2n) is 8.19. The highest BCUT2D eigenvalue weighted by Crippen LogP contribution is 2.39. The van der Waals surface area contributed by atoms with Gasteiger partial charge >= 0.3 is 0 Å². The lowest BCUT2D eigenvalue weighted by molar-refractivity contribution is -0.128. The summed E-state index contributed by atoms with van der Waals surface area (Å²) < 4.78 is 0. The van der Waals surface area contributed by atoms with E-state index in [1.54, 1.807) is 0 Å². The molecule has 0 aromatic heterocycles. The lowest BCUT2D eigenvalue weighted by atomic mass is 9.70. The molecule has 0 unspecified atom stereocenters. The second kappa shape index (κ2) is 8.50. The summed E-state index contributed by atoms with van der Waals surface area (Å²) in [6.45, 7) is 8.92. The number of hydrogen-bond donors (Lipinski definition) is 2. The minimum Gasteiger partial charge on any atom is -0.347 e. The first-order valence-corrected chi connectivity index (χ1v) is 9.46. The van der Waals surface area contributed by atoms with Crippen molar-refractivity contribution in [1.82, 2.24) is 5.32 Å². The van der Waals surface area contributed by atoms with Crippen molar-refractivity contribution in [3.05, 3.63) is 29.8 Å². The fourth-order valence-electron chi connectivity index (χ4n) is 3.68. The van der Waals surface area contributed by atoms with Crippen molar-refractivity contribution in [2.75, 3.05) is 11.9 Å². The molecule has 0 heterocycles. The number of carbonyl (C=O) groups is 2. The Bertz CT molecular complexity index is 596. The third kappa shape index (κ3) is 5.58. The first kappa shape index (κ1) is 19.5. The average molecular weight is 344 g/mol. The molecule has 0 saturated heterocycles. The number of hydrogen-bond acceptors (Lipinski definition) is 2. The Morgan fingerprint density at radius 2 is 1.72 bits per heavy atom. The molecular formula is C21H32N2O2. The van der Waals surface area contributed by atoms with E-state index >= 15 is 0 Å². The van der Waals surface area contributed by atoms with Crippen LogP contribution in [0.15, 0.2) is 24.3 Å². The van der Waals surface area contributed by atoms with E-state index in [4.69, 9.17) is 0 Å². The zero-order valence-electron chi connectivity index (χ0n) is 16.0. The van der Waals surface area contributed by atoms with Crippen LogP contribution in [0.2, 0.25) is 0 Å². The number of carbonyl (C=O) groups excluding carboxylic acids is 2. The summed E-state index contributed by atoms with van der Waals surface area (Å²) in [5, 5.41) is 5.71. The van der Waals surface area contributed by atoms with Crippen LogP contribution in [0, 0.1) is 17.3 Å². The molecule has 0 bridgehead atoms. The number of anilines is 1. The molecule has 1 aromatic rings. The van der Waals surface area contributed by atoms with Crippen molar-refractivity contribution in [1.29, 1.82) is 0 Å². The molecule has 1 saturated carbocycles. The van der Waals surface area contributed by atoms with Crippen LogP contribution in [-0.4, -0.2) is 18.4 Å². The molecule has 4 nitrogen and oxygen atoms in total. The normalized spacial score (nSPS) is 20.8. The first-order valence-electron chi connectivity index (χ1n) is 9.46. The first-order chi connectivity index (χ1) is 11.8. The molecule has 1 aromatic carbocycles. The Morgan fingerprint density at radius 1 is 1.08 bits per heavy atom. The topological polar surface area (TPSA) is 58.2 Å². The summed E-state index contributed by atoms with van der Waals surface area (Å²) >= 11 is 0. The molecule has 0 aliphatic heterocycles. The highest BCUT2D eigenvalue weighted by atomic mass is 16.2. The molecule has 0 atom stereocenters. The Hall–Kier alpha value is -1.84. The van der Waals surface area contributed by atoms with Gasteiger partial charge in [0.1, 0.15) is 0 Å². The SMILES string of the molecule is CCc1ccccc1NC(=O)CNC(=O)C1CCC(C(C)(C)C)CC1. The number of rotatable bonds is 5. The van der Waals surface area contributed by atoms with Crippen molar-refractivity contribution < 1.29 is 9.59 Å². The lowest BCUT2D eigenvalue weighted by Gasteiger charge is -2.36. The van der Waals surface area contributed by atoms with Gasteiger partial charge in [-0.3, -0.25) is 9.59 Å². The predicted molar refractivity (Wildman–Crippen MR) is 102 cm³/mol. The largest absolute Gasteiger partial charge is 0.347 e. The van der Waals surface area contributed by atoms with Gasteiger partial charge in [0.05, 0.1) is 6.54 Å². The van der Waals surface area contributed by atoms with E-state index in [0.717, 1.165) is 43.4 Å². The number of benzene rings is 1. The summed E-state index contributed by atoms with van der Waals surface area (Å²) in [7, 11) is 0. The zero-order valence-corrected chi connectivity index (χ0v) is 16.0. The van der Waals surface area contributed by atoms with Gasteiger partial charge in [0.15, 0.2) is 0 Å². The maximum absolute atomic E-state index is 12.3. The third-order valence-electron chi connectivity index (χ3n) is 5.42. The van der Waals surface area contributed by atoms with Gasteiger partial charge < -0.3 is 10.6 Å². The van der Waals surface area contributed by atoms with Gasteiger partial charge in [-0.15, -0.1) is 0 Å². The Kier molecular flexibility index (Phi) is 6.63. The summed E-state index contributed by atoms with van der Waals surface area (Å²) in [6.07, 6.45) is 4.90. The minimum absolute atomic E-state index is 0.0197. The van der Waals surface area contributed by atoms with Gasteiger partial charge in [0.2, 0.25) is 11.8 Å². The molecule has 2 N–H and O–H groups in total. The standard InChI is InChI=1S/C21H32N2O2/c1-5-15-8-6-7-9-18(15)23-19(24)14-22-20(25)16-10-12-17(13-11-16)21(2,3)4/h6-9,16-17H,5,10-14H2,1-4H3,(H,22,25)(H,23,24). The minimum atomic E-state index is -0.169. The zero-order chi connectivity index (χ0) is 18.4. The maximum Gasteiger partial charge on any atom is 0.243 e. The molecule has 1 aliphatic rings. The Balaban J connectivity index is 1.77. The molecule has 4 heteroatoms. The summed E-state index contributed by atoms with van der Waals surface area (Å²) in [5.41, 5.74) is 2.24. The van der Waals surface area contributed by atoms with Gasteiger partial charge in [-0.05, 0) is 55.1 Å². The third-order valence-corrected chi connectivity index (χ3v) is 5.42. The maximum atomic E-state index is 12.3. The summed E-state index contributed by atoms with van der Waals surface area (Å²) in [5.74, 6) is 0.587. The van der Waals surface area contributed by atoms with E-state index in [2.05, 4.69) is 38.3 Å². The van der Waals surface area contributed by atoms with Crippen molar-refractivity contribution in [3.8, 4) is 0 Å². The number of amides is 2. The lowest BCUT2D eigenvalue weighted by Crippen LogP contribution is -2.39. The van der Waals surface area contributed by atoms with Gasteiger partial charge in [0, 0.05) is 11.6 Å². The number of para-hydroxylation sites is 1. The molecule has 2 rings (SSSR count). The Morgan fingerprint density at radius 3 is 2.32 bits per heavy atom. The predicted octanol–water partition coefficient (Wildman–Crippen LogP) is 4.16. The van der Waals surface area contributed by atoms with Crippen LogP contribution in [0.4, 0.5) is 5.69 Å². The second-order valence-corrected chi connectivity index (χ2v) is 8.19. The van der Waals surface area contributed by atoms with Gasteiger partial charge in [-0.1, -0.05) is 45.9 Å². The fourth-order valence-corrected chi connectivity index (χ4v) is 3.68. The monoisotopic (exact) mass is 344 g/mol. The van der Waals surface area contributed by atoms with Crippen LogP contribution >= 0.6 is 0 Å². The smallest absolute Gasteiger partial charge is 0.243 e. The van der Waals surface area contributed by atoms with Gasteiger partial charge in [-0.2, -0.15) is 0 Å². The van der Waals surface area contributed by atoms with Crippen LogP contribution in [0.1, 0.15) is 58.9 Å². The summed E-state index contributed by atoms with van der Waals surface area (Å²) in [6, 6.07) is 7.76. The molecule has 0 radical (unpaired) electrons. The van der Waals surface area contributed by atoms with E-state index < -0.39 is 0 Å². The van der Waals surface area contributed by atoms with Crippen molar-refractivity contribution in [2.45, 2.75) is 59.8 Å². The van der Waals surface area contributed by atoms with E-state index in [1.165, 1.54) is 0 Å². The van der Waals surface area contributed by atoms with Crippen molar-refractivity contribution in [2.24, 2.45) is 17.3 Å². The van der Waals surface area contributed by atoms with Gasteiger partial charge in [0.25, 0.3) is 0 Å². The van der Waals surface area contributed by atoms with Crippen LogP contribution in [0.5, 0.6) is 0 Å². The summed E-state index contributed by atoms with van der Waals surface area (Å²) in [4.78, 5) is 24.5. The van der Waals surface area contributed by atoms with Crippen LogP contribution in [-0.2, 0) is 16.0 Å². The van der Waals surface area contributed by atoms with E-state index in [0.29, 0.717) is 11.3 Å². The molecular weight excluding hydrogens is 312 g/mol. The number of nitrogens with one attached hydrogen (secondary N) is 2.